The molecule has 0 spiro atoms. The van der Waals surface area contributed by atoms with Gasteiger partial charge in [-0.1, -0.05) is 25.4 Å². The Bertz CT molecular complexity index is 269. The summed E-state index contributed by atoms with van der Waals surface area (Å²) in [6.07, 6.45) is 0.830. The molecule has 12 heavy (non-hydrogen) atoms. The predicted molar refractivity (Wildman–Crippen MR) is 50.0 cm³/mol. The molecular weight excluding hydrogens is 175 g/mol. The summed E-state index contributed by atoms with van der Waals surface area (Å²) in [7, 11) is 0. The number of halogens is 2. The second kappa shape index (κ2) is 3.90. The highest BCUT2D eigenvalue weighted by atomic mass is 35.5. The van der Waals surface area contributed by atoms with Gasteiger partial charge >= 0.3 is 0 Å². The van der Waals surface area contributed by atoms with Crippen molar-refractivity contribution < 1.29 is 4.39 Å². The molecule has 1 aromatic carbocycles. The van der Waals surface area contributed by atoms with Crippen LogP contribution < -0.4 is 0 Å². The molecule has 0 amide bonds. The van der Waals surface area contributed by atoms with Gasteiger partial charge in [-0.2, -0.15) is 0 Å². The number of hydrogen-bond acceptors (Lipinski definition) is 0. The summed E-state index contributed by atoms with van der Waals surface area (Å²) >= 11 is 5.87. The summed E-state index contributed by atoms with van der Waals surface area (Å²) in [6, 6.07) is 4.49. The fourth-order valence-electron chi connectivity index (χ4n) is 1.14. The van der Waals surface area contributed by atoms with Gasteiger partial charge in [0.2, 0.25) is 0 Å². The lowest BCUT2D eigenvalue weighted by atomic mass is 10.0. The minimum Gasteiger partial charge on any atom is -0.207 e. The Morgan fingerprint density at radius 2 is 2.08 bits per heavy atom. The van der Waals surface area contributed by atoms with Gasteiger partial charge in [-0.25, -0.2) is 4.39 Å². The van der Waals surface area contributed by atoms with E-state index in [0.717, 1.165) is 12.0 Å². The lowest BCUT2D eigenvalue weighted by Crippen LogP contribution is -1.95. The van der Waals surface area contributed by atoms with Crippen molar-refractivity contribution in [1.82, 2.24) is 0 Å². The van der Waals surface area contributed by atoms with E-state index in [1.807, 2.05) is 0 Å². The summed E-state index contributed by atoms with van der Waals surface area (Å²) in [6.45, 7) is 4.17. The zero-order valence-electron chi connectivity index (χ0n) is 7.27. The van der Waals surface area contributed by atoms with Crippen LogP contribution in [-0.2, 0) is 6.42 Å². The summed E-state index contributed by atoms with van der Waals surface area (Å²) in [5.41, 5.74) is 0.895. The van der Waals surface area contributed by atoms with E-state index in [0.29, 0.717) is 10.9 Å². The Morgan fingerprint density at radius 1 is 1.42 bits per heavy atom. The van der Waals surface area contributed by atoms with Crippen LogP contribution >= 0.6 is 11.6 Å². The highest BCUT2D eigenvalue weighted by Crippen LogP contribution is 2.19. The average molecular weight is 187 g/mol. The SMILES string of the molecule is CC(C)Cc1cc(F)ccc1Cl. The molecule has 0 radical (unpaired) electrons. The Kier molecular flexibility index (Phi) is 3.10. The highest BCUT2D eigenvalue weighted by Gasteiger charge is 2.03. The third-order valence-corrected chi connectivity index (χ3v) is 2.00. The Morgan fingerprint density at radius 3 is 2.67 bits per heavy atom. The highest BCUT2D eigenvalue weighted by molar-refractivity contribution is 6.31. The molecule has 0 fully saturated rings. The quantitative estimate of drug-likeness (QED) is 0.661. The molecule has 0 saturated carbocycles. The van der Waals surface area contributed by atoms with E-state index in [2.05, 4.69) is 13.8 Å². The fraction of sp³-hybridized carbons (Fsp3) is 0.400. The van der Waals surface area contributed by atoms with E-state index in [9.17, 15) is 4.39 Å². The van der Waals surface area contributed by atoms with Crippen molar-refractivity contribution in [2.24, 2.45) is 5.92 Å². The van der Waals surface area contributed by atoms with E-state index in [-0.39, 0.29) is 5.82 Å². The van der Waals surface area contributed by atoms with Crippen molar-refractivity contribution in [1.29, 1.82) is 0 Å². The zero-order valence-corrected chi connectivity index (χ0v) is 8.03. The molecule has 1 rings (SSSR count). The van der Waals surface area contributed by atoms with Crippen LogP contribution in [0.2, 0.25) is 5.02 Å². The van der Waals surface area contributed by atoms with Crippen LogP contribution in [-0.4, -0.2) is 0 Å². The van der Waals surface area contributed by atoms with Crippen LogP contribution in [0.15, 0.2) is 18.2 Å². The molecule has 0 heterocycles. The molecule has 0 saturated heterocycles. The fourth-order valence-corrected chi connectivity index (χ4v) is 1.33. The third-order valence-electron chi connectivity index (χ3n) is 1.64. The number of hydrogen-bond donors (Lipinski definition) is 0. The number of benzene rings is 1. The minimum absolute atomic E-state index is 0.213. The molecule has 0 aromatic heterocycles. The molecule has 0 nitrogen and oxygen atoms in total. The second-order valence-corrected chi connectivity index (χ2v) is 3.74. The topological polar surface area (TPSA) is 0 Å². The first kappa shape index (κ1) is 9.53. The van der Waals surface area contributed by atoms with Crippen molar-refractivity contribution >= 4 is 11.6 Å². The predicted octanol–water partition coefficient (Wildman–Crippen LogP) is 3.68. The van der Waals surface area contributed by atoms with Crippen LogP contribution in [0, 0.1) is 11.7 Å². The van der Waals surface area contributed by atoms with Crippen LogP contribution in [0.25, 0.3) is 0 Å². The van der Waals surface area contributed by atoms with E-state index in [1.165, 1.54) is 12.1 Å². The van der Waals surface area contributed by atoms with E-state index in [4.69, 9.17) is 11.6 Å². The zero-order chi connectivity index (χ0) is 9.14. The normalized spacial score (nSPS) is 10.8. The number of rotatable bonds is 2. The van der Waals surface area contributed by atoms with E-state index in [1.54, 1.807) is 6.07 Å². The maximum Gasteiger partial charge on any atom is 0.123 e. The molecule has 0 aliphatic carbocycles. The van der Waals surface area contributed by atoms with Crippen LogP contribution in [0.1, 0.15) is 19.4 Å². The Labute approximate surface area is 77.4 Å². The maximum atomic E-state index is 12.7. The van der Waals surface area contributed by atoms with Gasteiger partial charge < -0.3 is 0 Å². The van der Waals surface area contributed by atoms with Gasteiger partial charge in [0, 0.05) is 5.02 Å². The monoisotopic (exact) mass is 186 g/mol. The lowest BCUT2D eigenvalue weighted by molar-refractivity contribution is 0.613. The van der Waals surface area contributed by atoms with Gasteiger partial charge in [0.25, 0.3) is 0 Å². The molecule has 2 heteroatoms. The van der Waals surface area contributed by atoms with E-state index >= 15 is 0 Å². The molecule has 0 atom stereocenters. The molecule has 0 unspecified atom stereocenters. The molecular formula is C10H12ClF. The van der Waals surface area contributed by atoms with Crippen molar-refractivity contribution in [3.05, 3.63) is 34.6 Å². The van der Waals surface area contributed by atoms with Crippen LogP contribution in [0.3, 0.4) is 0 Å². The van der Waals surface area contributed by atoms with E-state index < -0.39 is 0 Å². The maximum absolute atomic E-state index is 12.7. The third kappa shape index (κ3) is 2.49. The van der Waals surface area contributed by atoms with Crippen LogP contribution in [0.4, 0.5) is 4.39 Å². The van der Waals surface area contributed by atoms with Crippen molar-refractivity contribution in [3.8, 4) is 0 Å². The van der Waals surface area contributed by atoms with Crippen molar-refractivity contribution in [3.63, 3.8) is 0 Å². The summed E-state index contributed by atoms with van der Waals surface area (Å²) in [5.74, 6) is 0.291. The minimum atomic E-state index is -0.213. The Hall–Kier alpha value is -0.560. The van der Waals surface area contributed by atoms with Gasteiger partial charge in [-0.05, 0) is 36.1 Å². The summed E-state index contributed by atoms with van der Waals surface area (Å²) in [5, 5.41) is 0.658. The van der Waals surface area contributed by atoms with Gasteiger partial charge in [0.05, 0.1) is 0 Å². The average Bonchev–Trinajstić information content (AvgIpc) is 1.96. The largest absolute Gasteiger partial charge is 0.207 e. The lowest BCUT2D eigenvalue weighted by Gasteiger charge is -2.06. The molecule has 0 aliphatic heterocycles. The van der Waals surface area contributed by atoms with Gasteiger partial charge in [-0.3, -0.25) is 0 Å². The first-order valence-corrected chi connectivity index (χ1v) is 4.41. The van der Waals surface area contributed by atoms with Crippen molar-refractivity contribution in [2.45, 2.75) is 20.3 Å². The second-order valence-electron chi connectivity index (χ2n) is 3.33. The smallest absolute Gasteiger partial charge is 0.123 e. The summed E-state index contributed by atoms with van der Waals surface area (Å²) in [4.78, 5) is 0. The molecule has 0 bridgehead atoms. The van der Waals surface area contributed by atoms with Gasteiger partial charge in [0.1, 0.15) is 5.82 Å². The van der Waals surface area contributed by atoms with Gasteiger partial charge in [-0.15, -0.1) is 0 Å². The molecule has 1 aromatic rings. The molecule has 0 aliphatic rings. The first-order chi connectivity index (χ1) is 5.59. The first-order valence-electron chi connectivity index (χ1n) is 4.03. The summed E-state index contributed by atoms with van der Waals surface area (Å²) < 4.78 is 12.7. The molecule has 0 N–H and O–H groups in total. The van der Waals surface area contributed by atoms with Gasteiger partial charge in [0.15, 0.2) is 0 Å². The molecule has 66 valence electrons. The van der Waals surface area contributed by atoms with Crippen LogP contribution in [0.5, 0.6) is 0 Å². The van der Waals surface area contributed by atoms with Crippen molar-refractivity contribution in [2.75, 3.05) is 0 Å². The Balaban J connectivity index is 2.90. The standard InChI is InChI=1S/C10H12ClF/c1-7(2)5-8-6-9(12)3-4-10(8)11/h3-4,6-7H,5H2,1-2H3.